The molecule has 0 aromatic rings. The van der Waals surface area contributed by atoms with Crippen LogP contribution in [0.2, 0.25) is 0 Å². The van der Waals surface area contributed by atoms with Crippen LogP contribution in [0.25, 0.3) is 0 Å². The van der Waals surface area contributed by atoms with E-state index in [4.69, 9.17) is 5.11 Å². The molecule has 6 heteroatoms. The minimum atomic E-state index is -1.55. The van der Waals surface area contributed by atoms with Crippen LogP contribution in [-0.2, 0) is 4.79 Å². The SMILES string of the molecule is CCCCCCCCCCCCCCCCN[C@@H](C=O)[C@@H](O)[C@H](O)[C@H](O)CO. The maximum atomic E-state index is 11.1. The Labute approximate surface area is 171 Å². The van der Waals surface area contributed by atoms with E-state index in [2.05, 4.69) is 12.2 Å². The smallest absolute Gasteiger partial charge is 0.139 e. The zero-order chi connectivity index (χ0) is 21.0. The predicted molar refractivity (Wildman–Crippen MR) is 113 cm³/mol. The molecular weight excluding hydrogens is 358 g/mol. The number of aliphatic hydroxyl groups excluding tert-OH is 4. The summed E-state index contributed by atoms with van der Waals surface area (Å²) >= 11 is 0. The molecular formula is C22H45NO5. The van der Waals surface area contributed by atoms with Gasteiger partial charge in [-0.15, -0.1) is 0 Å². The highest BCUT2D eigenvalue weighted by Crippen LogP contribution is 2.13. The zero-order valence-electron chi connectivity index (χ0n) is 17.9. The summed E-state index contributed by atoms with van der Waals surface area (Å²) in [7, 11) is 0. The fraction of sp³-hybridized carbons (Fsp3) is 0.955. The summed E-state index contributed by atoms with van der Waals surface area (Å²) in [6.45, 7) is 2.16. The number of hydrogen-bond donors (Lipinski definition) is 5. The summed E-state index contributed by atoms with van der Waals surface area (Å²) in [4.78, 5) is 11.1. The Balaban J connectivity index is 3.49. The van der Waals surface area contributed by atoms with Gasteiger partial charge in [-0.25, -0.2) is 0 Å². The molecule has 5 N–H and O–H groups in total. The monoisotopic (exact) mass is 403 g/mol. The van der Waals surface area contributed by atoms with Crippen molar-refractivity contribution in [2.75, 3.05) is 13.2 Å². The number of rotatable bonds is 21. The summed E-state index contributed by atoms with van der Waals surface area (Å²) in [5.41, 5.74) is 0. The Morgan fingerprint density at radius 3 is 1.54 bits per heavy atom. The highest BCUT2D eigenvalue weighted by atomic mass is 16.4. The fourth-order valence-corrected chi connectivity index (χ4v) is 3.39. The normalized spacial score (nSPS) is 15.9. The quantitative estimate of drug-likeness (QED) is 0.149. The lowest BCUT2D eigenvalue weighted by atomic mass is 10.0. The molecule has 28 heavy (non-hydrogen) atoms. The summed E-state index contributed by atoms with van der Waals surface area (Å²) in [6.07, 6.45) is 14.0. The van der Waals surface area contributed by atoms with E-state index in [1.54, 1.807) is 0 Å². The first-order valence-corrected chi connectivity index (χ1v) is 11.4. The first-order valence-electron chi connectivity index (χ1n) is 11.4. The van der Waals surface area contributed by atoms with Crippen LogP contribution in [0.5, 0.6) is 0 Å². The summed E-state index contributed by atoms with van der Waals surface area (Å²) in [5.74, 6) is 0. The Bertz CT molecular complexity index is 343. The average molecular weight is 404 g/mol. The van der Waals surface area contributed by atoms with Crippen LogP contribution in [0.15, 0.2) is 0 Å². The van der Waals surface area contributed by atoms with Gasteiger partial charge in [0.15, 0.2) is 0 Å². The van der Waals surface area contributed by atoms with Crippen LogP contribution in [0, 0.1) is 0 Å². The van der Waals surface area contributed by atoms with Gasteiger partial charge in [0.1, 0.15) is 24.6 Å². The van der Waals surface area contributed by atoms with E-state index in [0.717, 1.165) is 12.8 Å². The maximum absolute atomic E-state index is 11.1. The second-order valence-electron chi connectivity index (χ2n) is 7.94. The molecule has 0 rings (SSSR count). The lowest BCUT2D eigenvalue weighted by molar-refractivity contribution is -0.120. The third-order valence-corrected chi connectivity index (χ3v) is 5.36. The van der Waals surface area contributed by atoms with Crippen LogP contribution < -0.4 is 5.32 Å². The Hall–Kier alpha value is -0.530. The molecule has 4 atom stereocenters. The van der Waals surface area contributed by atoms with E-state index in [9.17, 15) is 20.1 Å². The van der Waals surface area contributed by atoms with E-state index in [-0.39, 0.29) is 0 Å². The maximum Gasteiger partial charge on any atom is 0.139 e. The minimum Gasteiger partial charge on any atom is -0.394 e. The molecule has 0 saturated carbocycles. The third-order valence-electron chi connectivity index (χ3n) is 5.36. The van der Waals surface area contributed by atoms with Crippen LogP contribution in [0.1, 0.15) is 96.8 Å². The second kappa shape index (κ2) is 19.8. The standard InChI is InChI=1S/C22H45NO5/c1-2-3-4-5-6-7-8-9-10-11-12-13-14-15-16-23-19(17-24)21(27)22(28)20(26)18-25/h17,19-23,25-28H,2-16,18H2,1H3/t19-,20+,21+,22+/m0/s1. The van der Waals surface area contributed by atoms with Crippen molar-refractivity contribution >= 4 is 6.29 Å². The van der Waals surface area contributed by atoms with Crippen molar-refractivity contribution in [3.8, 4) is 0 Å². The highest BCUT2D eigenvalue weighted by Gasteiger charge is 2.30. The van der Waals surface area contributed by atoms with E-state index in [0.29, 0.717) is 12.8 Å². The molecule has 0 unspecified atom stereocenters. The Kier molecular flexibility index (Phi) is 19.4. The summed E-state index contributed by atoms with van der Waals surface area (Å²) in [6, 6.07) is -0.946. The van der Waals surface area contributed by atoms with Gasteiger partial charge >= 0.3 is 0 Å². The molecule has 0 aliphatic carbocycles. The van der Waals surface area contributed by atoms with Gasteiger partial charge < -0.3 is 30.5 Å². The summed E-state index contributed by atoms with van der Waals surface area (Å²) in [5, 5.41) is 40.6. The van der Waals surface area contributed by atoms with Crippen molar-refractivity contribution in [1.29, 1.82) is 0 Å². The van der Waals surface area contributed by atoms with Gasteiger partial charge in [-0.2, -0.15) is 0 Å². The van der Waals surface area contributed by atoms with Crippen molar-refractivity contribution in [1.82, 2.24) is 5.32 Å². The third kappa shape index (κ3) is 14.5. The molecule has 0 aromatic heterocycles. The molecule has 0 aromatic carbocycles. The van der Waals surface area contributed by atoms with Gasteiger partial charge in [-0.05, 0) is 13.0 Å². The summed E-state index contributed by atoms with van der Waals surface area (Å²) < 4.78 is 0. The van der Waals surface area contributed by atoms with Crippen LogP contribution in [-0.4, -0.2) is 64.2 Å². The van der Waals surface area contributed by atoms with Crippen molar-refractivity contribution in [3.05, 3.63) is 0 Å². The number of aliphatic hydroxyl groups is 4. The van der Waals surface area contributed by atoms with Gasteiger partial charge in [-0.3, -0.25) is 0 Å². The molecule has 0 fully saturated rings. The Morgan fingerprint density at radius 2 is 1.14 bits per heavy atom. The molecule has 0 aliphatic rings. The first-order chi connectivity index (χ1) is 13.6. The largest absolute Gasteiger partial charge is 0.394 e. The number of aldehydes is 1. The number of nitrogens with one attached hydrogen (secondary N) is 1. The number of carbonyl (C=O) groups is 1. The van der Waals surface area contributed by atoms with Gasteiger partial charge in [0.25, 0.3) is 0 Å². The Morgan fingerprint density at radius 1 is 0.714 bits per heavy atom. The van der Waals surface area contributed by atoms with Gasteiger partial charge in [0, 0.05) is 0 Å². The fourth-order valence-electron chi connectivity index (χ4n) is 3.39. The van der Waals surface area contributed by atoms with E-state index < -0.39 is 31.0 Å². The average Bonchev–Trinajstić information content (AvgIpc) is 2.72. The van der Waals surface area contributed by atoms with Crippen LogP contribution >= 0.6 is 0 Å². The molecule has 0 saturated heterocycles. The molecule has 0 amide bonds. The van der Waals surface area contributed by atoms with Gasteiger partial charge in [0.05, 0.1) is 12.6 Å². The van der Waals surface area contributed by atoms with Crippen LogP contribution in [0.3, 0.4) is 0 Å². The molecule has 0 bridgehead atoms. The molecule has 6 nitrogen and oxygen atoms in total. The molecule has 0 radical (unpaired) electrons. The van der Waals surface area contributed by atoms with E-state index in [1.807, 2.05) is 0 Å². The highest BCUT2D eigenvalue weighted by molar-refractivity contribution is 5.58. The topological polar surface area (TPSA) is 110 Å². The lowest BCUT2D eigenvalue weighted by Gasteiger charge is -2.26. The molecule has 168 valence electrons. The molecule has 0 heterocycles. The number of hydrogen-bond acceptors (Lipinski definition) is 6. The van der Waals surface area contributed by atoms with Crippen molar-refractivity contribution < 1.29 is 25.2 Å². The van der Waals surface area contributed by atoms with E-state index in [1.165, 1.54) is 77.0 Å². The van der Waals surface area contributed by atoms with Crippen molar-refractivity contribution in [2.45, 2.75) is 121 Å². The molecule has 0 spiro atoms. The van der Waals surface area contributed by atoms with Crippen LogP contribution in [0.4, 0.5) is 0 Å². The van der Waals surface area contributed by atoms with E-state index >= 15 is 0 Å². The van der Waals surface area contributed by atoms with Gasteiger partial charge in [-0.1, -0.05) is 90.4 Å². The number of carbonyl (C=O) groups excluding carboxylic acids is 1. The minimum absolute atomic E-state index is 0.530. The van der Waals surface area contributed by atoms with Crippen molar-refractivity contribution in [2.24, 2.45) is 0 Å². The predicted octanol–water partition coefficient (Wildman–Crippen LogP) is 2.70. The first kappa shape index (κ1) is 27.5. The zero-order valence-corrected chi connectivity index (χ0v) is 17.9. The lowest BCUT2D eigenvalue weighted by Crippen LogP contribution is -2.52. The van der Waals surface area contributed by atoms with Crippen molar-refractivity contribution in [3.63, 3.8) is 0 Å². The molecule has 0 aliphatic heterocycles. The van der Waals surface area contributed by atoms with Gasteiger partial charge in [0.2, 0.25) is 0 Å². The second-order valence-corrected chi connectivity index (χ2v) is 7.94. The number of unbranched alkanes of at least 4 members (excludes halogenated alkanes) is 13.